The van der Waals surface area contributed by atoms with Crippen LogP contribution in [0.1, 0.15) is 37.5 Å². The van der Waals surface area contributed by atoms with E-state index in [4.69, 9.17) is 4.98 Å². The van der Waals surface area contributed by atoms with Gasteiger partial charge in [0.05, 0.1) is 0 Å². The molecule has 4 heteroatoms. The second-order valence-corrected chi connectivity index (χ2v) is 6.91. The van der Waals surface area contributed by atoms with Crippen LogP contribution in [0.5, 0.6) is 0 Å². The van der Waals surface area contributed by atoms with E-state index in [1.54, 1.807) is 0 Å². The van der Waals surface area contributed by atoms with Crippen LogP contribution in [-0.4, -0.2) is 26.0 Å². The molecule has 3 heterocycles. The molecule has 1 aliphatic heterocycles. The lowest BCUT2D eigenvalue weighted by Crippen LogP contribution is -2.16. The van der Waals surface area contributed by atoms with E-state index < -0.39 is 0 Å². The number of aromatic nitrogens is 3. The minimum Gasteiger partial charge on any atom is -0.310 e. The first kappa shape index (κ1) is 11.8. The third-order valence-electron chi connectivity index (χ3n) is 4.16. The first-order valence-corrected chi connectivity index (χ1v) is 8.47. The maximum absolute atomic E-state index is 4.86. The molecule has 0 amide bonds. The topological polar surface area (TPSA) is 30.7 Å². The van der Waals surface area contributed by atoms with Gasteiger partial charge in [-0.2, -0.15) is 11.8 Å². The zero-order valence-electron chi connectivity index (χ0n) is 11.1. The molecule has 0 spiro atoms. The summed E-state index contributed by atoms with van der Waals surface area (Å²) in [5, 5.41) is 0. The van der Waals surface area contributed by atoms with E-state index in [1.807, 2.05) is 12.3 Å². The Kier molecular flexibility index (Phi) is 2.98. The minimum atomic E-state index is 0.672. The minimum absolute atomic E-state index is 0.672. The lowest BCUT2D eigenvalue weighted by atomic mass is 10.0. The molecule has 1 saturated heterocycles. The number of hydrogen-bond acceptors (Lipinski definition) is 3. The summed E-state index contributed by atoms with van der Waals surface area (Å²) in [6.07, 6.45) is 8.37. The van der Waals surface area contributed by atoms with Crippen LogP contribution in [0.3, 0.4) is 0 Å². The van der Waals surface area contributed by atoms with Gasteiger partial charge >= 0.3 is 0 Å². The third-order valence-corrected chi connectivity index (χ3v) is 5.44. The van der Waals surface area contributed by atoms with Crippen LogP contribution in [0, 0.1) is 5.92 Å². The maximum atomic E-state index is 4.86. The summed E-state index contributed by atoms with van der Waals surface area (Å²) in [4.78, 5) is 9.41. The van der Waals surface area contributed by atoms with Gasteiger partial charge in [-0.15, -0.1) is 0 Å². The Balaban J connectivity index is 1.69. The van der Waals surface area contributed by atoms with Crippen LogP contribution in [-0.2, 0) is 6.42 Å². The third kappa shape index (κ3) is 2.27. The van der Waals surface area contributed by atoms with Crippen molar-refractivity contribution in [1.82, 2.24) is 14.5 Å². The number of hydrogen-bond donors (Lipinski definition) is 0. The van der Waals surface area contributed by atoms with Crippen LogP contribution in [0.15, 0.2) is 18.3 Å². The summed E-state index contributed by atoms with van der Waals surface area (Å²) in [7, 11) is 0. The summed E-state index contributed by atoms with van der Waals surface area (Å²) in [5.74, 6) is 4.75. The van der Waals surface area contributed by atoms with Crippen LogP contribution < -0.4 is 0 Å². The molecule has 2 aromatic rings. The van der Waals surface area contributed by atoms with Crippen LogP contribution in [0.4, 0.5) is 0 Å². The Labute approximate surface area is 117 Å². The van der Waals surface area contributed by atoms with Crippen molar-refractivity contribution < 1.29 is 0 Å². The highest BCUT2D eigenvalue weighted by molar-refractivity contribution is 7.99. The molecular formula is C15H19N3S. The van der Waals surface area contributed by atoms with Gasteiger partial charge in [-0.3, -0.25) is 0 Å². The van der Waals surface area contributed by atoms with Gasteiger partial charge in [0.15, 0.2) is 5.65 Å². The van der Waals surface area contributed by atoms with Gasteiger partial charge in [-0.25, -0.2) is 9.97 Å². The molecule has 1 saturated carbocycles. The Morgan fingerprint density at radius 2 is 2.26 bits per heavy atom. The van der Waals surface area contributed by atoms with Crippen molar-refractivity contribution in [2.75, 3.05) is 11.5 Å². The summed E-state index contributed by atoms with van der Waals surface area (Å²) < 4.78 is 2.43. The zero-order valence-corrected chi connectivity index (χ0v) is 11.9. The molecule has 4 rings (SSSR count). The average Bonchev–Trinajstić information content (AvgIpc) is 3.21. The highest BCUT2D eigenvalue weighted by atomic mass is 32.2. The fourth-order valence-electron chi connectivity index (χ4n) is 3.06. The zero-order chi connectivity index (χ0) is 12.7. The van der Waals surface area contributed by atoms with Gasteiger partial charge in [0.25, 0.3) is 0 Å². The van der Waals surface area contributed by atoms with E-state index in [2.05, 4.69) is 27.4 Å². The van der Waals surface area contributed by atoms with Crippen molar-refractivity contribution in [2.24, 2.45) is 5.92 Å². The van der Waals surface area contributed by atoms with Gasteiger partial charge < -0.3 is 4.57 Å². The van der Waals surface area contributed by atoms with Gasteiger partial charge in [0.2, 0.25) is 0 Å². The lowest BCUT2D eigenvalue weighted by molar-refractivity contribution is 0.495. The Morgan fingerprint density at radius 3 is 3.05 bits per heavy atom. The first-order chi connectivity index (χ1) is 9.42. The lowest BCUT2D eigenvalue weighted by Gasteiger charge is -2.21. The summed E-state index contributed by atoms with van der Waals surface area (Å²) in [6, 6.07) is 4.76. The summed E-state index contributed by atoms with van der Waals surface area (Å²) >= 11 is 2.11. The smallest absolute Gasteiger partial charge is 0.160 e. The van der Waals surface area contributed by atoms with Gasteiger partial charge in [0, 0.05) is 18.7 Å². The molecule has 0 aromatic carbocycles. The molecule has 1 aliphatic carbocycles. The van der Waals surface area contributed by atoms with E-state index in [0.717, 1.165) is 23.5 Å². The summed E-state index contributed by atoms with van der Waals surface area (Å²) in [5.41, 5.74) is 2.18. The molecule has 3 nitrogen and oxygen atoms in total. The SMILES string of the molecule is c1cnc2c(c1)nc(CC1CCCSC1)n2C1CC1. The van der Waals surface area contributed by atoms with E-state index in [0.29, 0.717) is 6.04 Å². The molecule has 100 valence electrons. The van der Waals surface area contributed by atoms with Gasteiger partial charge in [0.1, 0.15) is 11.3 Å². The van der Waals surface area contributed by atoms with Crippen molar-refractivity contribution in [1.29, 1.82) is 0 Å². The fraction of sp³-hybridized carbons (Fsp3) is 0.600. The predicted octanol–water partition coefficient (Wildman–Crippen LogP) is 3.45. The monoisotopic (exact) mass is 273 g/mol. The second-order valence-electron chi connectivity index (χ2n) is 5.76. The van der Waals surface area contributed by atoms with Crippen molar-refractivity contribution in [2.45, 2.75) is 38.1 Å². The van der Waals surface area contributed by atoms with Gasteiger partial charge in [-0.1, -0.05) is 0 Å². The number of imidazole rings is 1. The number of thioether (sulfide) groups is 1. The summed E-state index contributed by atoms with van der Waals surface area (Å²) in [6.45, 7) is 0. The molecule has 2 fully saturated rings. The molecule has 1 unspecified atom stereocenters. The number of rotatable bonds is 3. The van der Waals surface area contributed by atoms with Crippen molar-refractivity contribution >= 4 is 22.9 Å². The molecule has 0 bridgehead atoms. The van der Waals surface area contributed by atoms with Gasteiger partial charge in [-0.05, 0) is 55.2 Å². The predicted molar refractivity (Wildman–Crippen MR) is 79.6 cm³/mol. The van der Waals surface area contributed by atoms with E-state index in [1.165, 1.54) is 43.0 Å². The van der Waals surface area contributed by atoms with E-state index >= 15 is 0 Å². The number of pyridine rings is 1. The molecule has 2 aromatic heterocycles. The van der Waals surface area contributed by atoms with Crippen molar-refractivity contribution in [3.8, 4) is 0 Å². The molecule has 2 aliphatic rings. The van der Waals surface area contributed by atoms with Crippen molar-refractivity contribution in [3.05, 3.63) is 24.2 Å². The van der Waals surface area contributed by atoms with Crippen molar-refractivity contribution in [3.63, 3.8) is 0 Å². The normalized spacial score (nSPS) is 23.9. The van der Waals surface area contributed by atoms with Crippen LogP contribution in [0.2, 0.25) is 0 Å². The molecule has 0 N–H and O–H groups in total. The fourth-order valence-corrected chi connectivity index (χ4v) is 4.22. The Morgan fingerprint density at radius 1 is 1.32 bits per heavy atom. The Hall–Kier alpha value is -1.03. The first-order valence-electron chi connectivity index (χ1n) is 7.31. The maximum Gasteiger partial charge on any atom is 0.160 e. The molecule has 1 atom stereocenters. The van der Waals surface area contributed by atoms with Crippen LogP contribution in [0.25, 0.3) is 11.2 Å². The van der Waals surface area contributed by atoms with E-state index in [9.17, 15) is 0 Å². The standard InChI is InChI=1S/C15H19N3S/c1-4-13-15(16-7-1)18(12-5-6-12)14(17-13)9-11-3-2-8-19-10-11/h1,4,7,11-12H,2-3,5-6,8-10H2. The highest BCUT2D eigenvalue weighted by Crippen LogP contribution is 2.39. The van der Waals surface area contributed by atoms with Crippen LogP contribution >= 0.6 is 11.8 Å². The molecular weight excluding hydrogens is 254 g/mol. The second kappa shape index (κ2) is 4.82. The molecule has 0 radical (unpaired) electrons. The molecule has 19 heavy (non-hydrogen) atoms. The largest absolute Gasteiger partial charge is 0.310 e. The average molecular weight is 273 g/mol. The number of nitrogens with zero attached hydrogens (tertiary/aromatic N) is 3. The highest BCUT2D eigenvalue weighted by Gasteiger charge is 2.29. The Bertz CT molecular complexity index is 582. The van der Waals surface area contributed by atoms with E-state index in [-0.39, 0.29) is 0 Å². The number of fused-ring (bicyclic) bond motifs is 1. The quantitative estimate of drug-likeness (QED) is 0.858.